The molecule has 4 rings (SSSR count). The number of aromatic nitrogens is 3. The summed E-state index contributed by atoms with van der Waals surface area (Å²) in [5.74, 6) is -0.0549. The highest BCUT2D eigenvalue weighted by atomic mass is 16.2. The average Bonchev–Trinajstić information content (AvgIpc) is 3.29. The highest BCUT2D eigenvalue weighted by molar-refractivity contribution is 5.92. The maximum absolute atomic E-state index is 12.5. The lowest BCUT2D eigenvalue weighted by atomic mass is 10.2. The van der Waals surface area contributed by atoms with E-state index in [1.165, 1.54) is 0 Å². The SMILES string of the molecule is O=C(CN1CCN(C(=O)c2ccccn2)CC1)NCCc1cnn(-c2ccccc2)c1. The number of nitrogens with one attached hydrogen (secondary N) is 1. The molecule has 0 aliphatic carbocycles. The van der Waals surface area contributed by atoms with Gasteiger partial charge in [-0.1, -0.05) is 24.3 Å². The number of hydrogen-bond donors (Lipinski definition) is 1. The molecule has 3 heterocycles. The van der Waals surface area contributed by atoms with Gasteiger partial charge in [-0.05, 0) is 36.2 Å². The van der Waals surface area contributed by atoms with Gasteiger partial charge in [-0.25, -0.2) is 4.68 Å². The number of benzene rings is 1. The number of nitrogens with zero attached hydrogens (tertiary/aromatic N) is 5. The summed E-state index contributed by atoms with van der Waals surface area (Å²) in [6.45, 7) is 3.46. The van der Waals surface area contributed by atoms with Crippen molar-refractivity contribution in [3.63, 3.8) is 0 Å². The van der Waals surface area contributed by atoms with E-state index in [1.54, 1.807) is 23.2 Å². The van der Waals surface area contributed by atoms with Crippen molar-refractivity contribution >= 4 is 11.8 Å². The van der Waals surface area contributed by atoms with Crippen LogP contribution < -0.4 is 5.32 Å². The first-order valence-corrected chi connectivity index (χ1v) is 10.5. The van der Waals surface area contributed by atoms with Crippen LogP contribution in [0.5, 0.6) is 0 Å². The Morgan fingerprint density at radius 2 is 1.74 bits per heavy atom. The minimum atomic E-state index is -0.0549. The minimum Gasteiger partial charge on any atom is -0.355 e. The maximum atomic E-state index is 12.5. The monoisotopic (exact) mass is 418 g/mol. The van der Waals surface area contributed by atoms with Crippen molar-refractivity contribution in [2.75, 3.05) is 39.3 Å². The molecule has 1 fully saturated rings. The number of hydrogen-bond acceptors (Lipinski definition) is 5. The summed E-state index contributed by atoms with van der Waals surface area (Å²) in [6.07, 6.45) is 6.17. The molecule has 0 spiro atoms. The van der Waals surface area contributed by atoms with Crippen LogP contribution in [0.2, 0.25) is 0 Å². The van der Waals surface area contributed by atoms with Crippen LogP contribution in [0, 0.1) is 0 Å². The van der Waals surface area contributed by atoms with Crippen LogP contribution in [0.25, 0.3) is 5.69 Å². The molecule has 160 valence electrons. The molecule has 3 aromatic rings. The highest BCUT2D eigenvalue weighted by Crippen LogP contribution is 2.08. The predicted molar refractivity (Wildman–Crippen MR) is 117 cm³/mol. The number of carbonyl (C=O) groups is 2. The molecule has 1 aliphatic rings. The average molecular weight is 419 g/mol. The molecule has 0 radical (unpaired) electrons. The summed E-state index contributed by atoms with van der Waals surface area (Å²) in [5, 5.41) is 7.36. The van der Waals surface area contributed by atoms with E-state index in [9.17, 15) is 9.59 Å². The highest BCUT2D eigenvalue weighted by Gasteiger charge is 2.23. The summed E-state index contributed by atoms with van der Waals surface area (Å²) in [7, 11) is 0. The van der Waals surface area contributed by atoms with Gasteiger partial charge in [0.1, 0.15) is 5.69 Å². The second-order valence-corrected chi connectivity index (χ2v) is 7.51. The third kappa shape index (κ3) is 5.55. The number of piperazine rings is 1. The molecule has 0 saturated carbocycles. The Labute approximate surface area is 181 Å². The molecular formula is C23H26N6O2. The Bertz CT molecular complexity index is 997. The van der Waals surface area contributed by atoms with Crippen molar-refractivity contribution < 1.29 is 9.59 Å². The topological polar surface area (TPSA) is 83.4 Å². The van der Waals surface area contributed by atoms with Crippen LogP contribution in [0.15, 0.2) is 67.1 Å². The van der Waals surface area contributed by atoms with Gasteiger partial charge < -0.3 is 10.2 Å². The molecule has 1 aromatic carbocycles. The molecular weight excluding hydrogens is 392 g/mol. The number of rotatable bonds is 7. The van der Waals surface area contributed by atoms with Crippen LogP contribution in [0.4, 0.5) is 0 Å². The smallest absolute Gasteiger partial charge is 0.272 e. The van der Waals surface area contributed by atoms with Crippen molar-refractivity contribution in [2.45, 2.75) is 6.42 Å². The van der Waals surface area contributed by atoms with Crippen LogP contribution in [-0.2, 0) is 11.2 Å². The van der Waals surface area contributed by atoms with Crippen LogP contribution in [0.1, 0.15) is 16.1 Å². The fourth-order valence-electron chi connectivity index (χ4n) is 3.58. The van der Waals surface area contributed by atoms with E-state index < -0.39 is 0 Å². The first-order chi connectivity index (χ1) is 15.2. The van der Waals surface area contributed by atoms with Crippen molar-refractivity contribution in [1.82, 2.24) is 29.9 Å². The van der Waals surface area contributed by atoms with Gasteiger partial charge in [0.25, 0.3) is 5.91 Å². The quantitative estimate of drug-likeness (QED) is 0.627. The number of pyridine rings is 1. The lowest BCUT2D eigenvalue weighted by molar-refractivity contribution is -0.122. The normalized spacial score (nSPS) is 14.4. The molecule has 1 saturated heterocycles. The number of amides is 2. The summed E-state index contributed by atoms with van der Waals surface area (Å²) in [4.78, 5) is 32.7. The standard InChI is InChI=1S/C23H26N6O2/c30-22(25-11-9-19-16-26-29(17-19)20-6-2-1-3-7-20)18-27-12-14-28(15-13-27)23(31)21-8-4-5-10-24-21/h1-8,10,16-17H,9,11-15,18H2,(H,25,30). The Balaban J connectivity index is 1.17. The molecule has 1 aliphatic heterocycles. The number of carbonyl (C=O) groups excluding carboxylic acids is 2. The van der Waals surface area contributed by atoms with Gasteiger partial charge in [0.05, 0.1) is 18.4 Å². The van der Waals surface area contributed by atoms with E-state index in [-0.39, 0.29) is 11.8 Å². The molecule has 2 amide bonds. The first kappa shape index (κ1) is 20.7. The zero-order chi connectivity index (χ0) is 21.5. The fourth-order valence-corrected chi connectivity index (χ4v) is 3.58. The second-order valence-electron chi connectivity index (χ2n) is 7.51. The largest absolute Gasteiger partial charge is 0.355 e. The van der Waals surface area contributed by atoms with Crippen molar-refractivity contribution in [2.24, 2.45) is 0 Å². The van der Waals surface area contributed by atoms with Crippen LogP contribution >= 0.6 is 0 Å². The van der Waals surface area contributed by atoms with E-state index in [4.69, 9.17) is 0 Å². The van der Waals surface area contributed by atoms with Gasteiger partial charge in [-0.15, -0.1) is 0 Å². The molecule has 31 heavy (non-hydrogen) atoms. The Morgan fingerprint density at radius 1 is 0.968 bits per heavy atom. The van der Waals surface area contributed by atoms with E-state index >= 15 is 0 Å². The van der Waals surface area contributed by atoms with E-state index in [1.807, 2.05) is 53.5 Å². The Kier molecular flexibility index (Phi) is 6.68. The van der Waals surface area contributed by atoms with Gasteiger partial charge in [-0.2, -0.15) is 5.10 Å². The lowest BCUT2D eigenvalue weighted by Crippen LogP contribution is -2.51. The van der Waals surface area contributed by atoms with Crippen molar-refractivity contribution in [1.29, 1.82) is 0 Å². The van der Waals surface area contributed by atoms with Gasteiger partial charge in [-0.3, -0.25) is 19.5 Å². The van der Waals surface area contributed by atoms with E-state index in [0.717, 1.165) is 17.7 Å². The third-order valence-electron chi connectivity index (χ3n) is 5.30. The van der Waals surface area contributed by atoms with E-state index in [2.05, 4.69) is 20.3 Å². The molecule has 2 aromatic heterocycles. The third-order valence-corrected chi connectivity index (χ3v) is 5.30. The molecule has 0 atom stereocenters. The van der Waals surface area contributed by atoms with Crippen LogP contribution in [0.3, 0.4) is 0 Å². The molecule has 0 unspecified atom stereocenters. The molecule has 8 heteroatoms. The predicted octanol–water partition coefficient (Wildman–Crippen LogP) is 1.38. The Hall–Kier alpha value is -3.52. The minimum absolute atomic E-state index is 0.0000428. The van der Waals surface area contributed by atoms with Gasteiger partial charge in [0, 0.05) is 45.1 Å². The van der Waals surface area contributed by atoms with Gasteiger partial charge >= 0.3 is 0 Å². The molecule has 8 nitrogen and oxygen atoms in total. The zero-order valence-electron chi connectivity index (χ0n) is 17.4. The lowest BCUT2D eigenvalue weighted by Gasteiger charge is -2.34. The fraction of sp³-hybridized carbons (Fsp3) is 0.304. The molecule has 1 N–H and O–H groups in total. The van der Waals surface area contributed by atoms with Gasteiger partial charge in [0.2, 0.25) is 5.91 Å². The van der Waals surface area contributed by atoms with Crippen LogP contribution in [-0.4, -0.2) is 75.6 Å². The summed E-state index contributed by atoms with van der Waals surface area (Å²) < 4.78 is 1.84. The maximum Gasteiger partial charge on any atom is 0.272 e. The van der Waals surface area contributed by atoms with E-state index in [0.29, 0.717) is 45.0 Å². The number of para-hydroxylation sites is 1. The summed E-state index contributed by atoms with van der Waals surface area (Å²) in [5.41, 5.74) is 2.55. The second kappa shape index (κ2) is 9.99. The van der Waals surface area contributed by atoms with Crippen molar-refractivity contribution in [3.05, 3.63) is 78.4 Å². The Morgan fingerprint density at radius 3 is 2.48 bits per heavy atom. The van der Waals surface area contributed by atoms with Crippen molar-refractivity contribution in [3.8, 4) is 5.69 Å². The molecule has 0 bridgehead atoms. The van der Waals surface area contributed by atoms with Gasteiger partial charge in [0.15, 0.2) is 0 Å². The first-order valence-electron chi connectivity index (χ1n) is 10.5. The summed E-state index contributed by atoms with van der Waals surface area (Å²) in [6, 6.07) is 15.3. The summed E-state index contributed by atoms with van der Waals surface area (Å²) >= 11 is 0. The zero-order valence-corrected chi connectivity index (χ0v) is 17.4.